The van der Waals surface area contributed by atoms with E-state index in [2.05, 4.69) is 24.5 Å². The van der Waals surface area contributed by atoms with Gasteiger partial charge in [-0.3, -0.25) is 9.59 Å². The van der Waals surface area contributed by atoms with E-state index in [1.165, 1.54) is 0 Å². The number of phenolic OH excluding ortho intramolecular Hbond substituents is 1. The predicted molar refractivity (Wildman–Crippen MR) is 184 cm³/mol. The van der Waals surface area contributed by atoms with Crippen LogP contribution in [0.15, 0.2) is 66.7 Å². The smallest absolute Gasteiger partial charge is 0.408 e. The zero-order valence-corrected chi connectivity index (χ0v) is 28.8. The molecule has 3 atom stereocenters. The summed E-state index contributed by atoms with van der Waals surface area (Å²) in [6.07, 6.45) is 0.893. The number of ether oxygens (including phenoxy) is 1. The number of hydrogen-bond acceptors (Lipinski definition) is 5. The maximum absolute atomic E-state index is 14.9. The van der Waals surface area contributed by atoms with Crippen LogP contribution in [0.1, 0.15) is 88.2 Å². The number of aryl methyl sites for hydroxylation is 3. The van der Waals surface area contributed by atoms with Crippen molar-refractivity contribution < 1.29 is 24.2 Å². The van der Waals surface area contributed by atoms with E-state index in [0.717, 1.165) is 28.7 Å². The number of carbonyl (C=O) groups is 3. The van der Waals surface area contributed by atoms with Crippen molar-refractivity contribution in [3.8, 4) is 5.75 Å². The Labute approximate surface area is 274 Å². The maximum atomic E-state index is 14.9. The summed E-state index contributed by atoms with van der Waals surface area (Å²) in [5.41, 5.74) is 4.27. The number of anilines is 1. The summed E-state index contributed by atoms with van der Waals surface area (Å²) in [4.78, 5) is 44.1. The van der Waals surface area contributed by atoms with Gasteiger partial charge in [-0.2, -0.15) is 0 Å². The Kier molecular flexibility index (Phi) is 12.4. The largest absolute Gasteiger partial charge is 0.508 e. The third-order valence-electron chi connectivity index (χ3n) is 8.03. The molecule has 3 unspecified atom stereocenters. The van der Waals surface area contributed by atoms with Gasteiger partial charge in [-0.15, -0.1) is 0 Å². The molecule has 3 rings (SSSR count). The number of hydrogen-bond donors (Lipinski definition) is 3. The highest BCUT2D eigenvalue weighted by atomic mass is 16.6. The second kappa shape index (κ2) is 15.8. The van der Waals surface area contributed by atoms with Gasteiger partial charge in [0.25, 0.3) is 5.91 Å². The molecule has 3 amide bonds. The number of nitrogens with one attached hydrogen (secondary N) is 2. The van der Waals surface area contributed by atoms with Gasteiger partial charge in [0.15, 0.2) is 0 Å². The van der Waals surface area contributed by atoms with Crippen LogP contribution in [-0.2, 0) is 20.7 Å². The van der Waals surface area contributed by atoms with Gasteiger partial charge in [0.2, 0.25) is 5.91 Å². The van der Waals surface area contributed by atoms with Crippen molar-refractivity contribution in [1.82, 2.24) is 10.2 Å². The van der Waals surface area contributed by atoms with Crippen molar-refractivity contribution in [1.29, 1.82) is 0 Å². The lowest BCUT2D eigenvalue weighted by Crippen LogP contribution is -2.55. The van der Waals surface area contributed by atoms with Crippen LogP contribution in [0.3, 0.4) is 0 Å². The molecule has 0 aromatic heterocycles. The van der Waals surface area contributed by atoms with E-state index in [-0.39, 0.29) is 24.1 Å². The fourth-order valence-electron chi connectivity index (χ4n) is 5.30. The third kappa shape index (κ3) is 10.4. The second-order valence-corrected chi connectivity index (χ2v) is 13.7. The van der Waals surface area contributed by atoms with Gasteiger partial charge in [-0.25, -0.2) is 4.79 Å². The summed E-state index contributed by atoms with van der Waals surface area (Å²) in [5, 5.41) is 15.8. The van der Waals surface area contributed by atoms with Gasteiger partial charge < -0.3 is 25.4 Å². The minimum absolute atomic E-state index is 0.0957. The van der Waals surface area contributed by atoms with Gasteiger partial charge >= 0.3 is 6.09 Å². The van der Waals surface area contributed by atoms with E-state index in [0.29, 0.717) is 23.6 Å². The first-order valence-corrected chi connectivity index (χ1v) is 16.1. The minimum atomic E-state index is -1.05. The lowest BCUT2D eigenvalue weighted by molar-refractivity contribution is -0.143. The second-order valence-electron chi connectivity index (χ2n) is 13.7. The number of carbonyl (C=O) groups excluding carboxylic acids is 3. The molecule has 0 saturated carbocycles. The molecule has 0 radical (unpaired) electrons. The van der Waals surface area contributed by atoms with E-state index in [4.69, 9.17) is 4.74 Å². The molecule has 0 bridgehead atoms. The van der Waals surface area contributed by atoms with E-state index >= 15 is 0 Å². The SMILES string of the molecule is Cc1ccc(C(C(=O)Nc2ccccc2C)N(C(=O)C(Cc2ccc(O)cc2)NC(=O)OC(C)(C)C)C(C)CCC(C)C)cc1C. The molecule has 46 heavy (non-hydrogen) atoms. The van der Waals surface area contributed by atoms with Crippen LogP contribution in [0.4, 0.5) is 10.5 Å². The molecule has 0 aliphatic heterocycles. The Morgan fingerprint density at radius 3 is 2.09 bits per heavy atom. The number of phenols is 1. The highest BCUT2D eigenvalue weighted by Crippen LogP contribution is 2.31. The van der Waals surface area contributed by atoms with Crippen LogP contribution in [0.25, 0.3) is 0 Å². The minimum Gasteiger partial charge on any atom is -0.508 e. The predicted octanol–water partition coefficient (Wildman–Crippen LogP) is 7.79. The van der Waals surface area contributed by atoms with E-state index in [9.17, 15) is 19.5 Å². The molecule has 3 N–H and O–H groups in total. The fourth-order valence-corrected chi connectivity index (χ4v) is 5.30. The molecule has 0 fully saturated rings. The highest BCUT2D eigenvalue weighted by Gasteiger charge is 2.39. The molecule has 0 aliphatic carbocycles. The highest BCUT2D eigenvalue weighted by molar-refractivity contribution is 5.99. The van der Waals surface area contributed by atoms with Crippen LogP contribution >= 0.6 is 0 Å². The van der Waals surface area contributed by atoms with Crippen LogP contribution < -0.4 is 10.6 Å². The first kappa shape index (κ1) is 36.1. The average molecular weight is 630 g/mol. The zero-order valence-electron chi connectivity index (χ0n) is 28.8. The standard InChI is InChI=1S/C38H51N3O5/c1-24(2)14-16-28(6)41(36(44)33(40-37(45)46-38(7,8)9)23-29-17-20-31(42)21-18-29)34(30-19-15-25(3)27(5)22-30)35(43)39-32-13-11-10-12-26(32)4/h10-13,15,17-22,24,28,33-34,42H,14,16,23H2,1-9H3,(H,39,43)(H,40,45). The molecule has 8 nitrogen and oxygen atoms in total. The Balaban J connectivity index is 2.17. The quantitative estimate of drug-likeness (QED) is 0.190. The van der Waals surface area contributed by atoms with E-state index in [1.54, 1.807) is 49.9 Å². The molecule has 3 aromatic carbocycles. The van der Waals surface area contributed by atoms with Gasteiger partial charge in [-0.1, -0.05) is 62.4 Å². The summed E-state index contributed by atoms with van der Waals surface area (Å²) in [6.45, 7) is 17.4. The summed E-state index contributed by atoms with van der Waals surface area (Å²) in [5.74, 6) is -0.271. The van der Waals surface area contributed by atoms with Crippen LogP contribution in [0, 0.1) is 26.7 Å². The van der Waals surface area contributed by atoms with Crippen molar-refractivity contribution in [3.63, 3.8) is 0 Å². The topological polar surface area (TPSA) is 108 Å². The summed E-state index contributed by atoms with van der Waals surface area (Å²) >= 11 is 0. The van der Waals surface area contributed by atoms with E-state index in [1.807, 2.05) is 70.2 Å². The van der Waals surface area contributed by atoms with Crippen LogP contribution in [0.2, 0.25) is 0 Å². The van der Waals surface area contributed by atoms with Crippen LogP contribution in [0.5, 0.6) is 5.75 Å². The third-order valence-corrected chi connectivity index (χ3v) is 8.03. The molecule has 3 aromatic rings. The summed E-state index contributed by atoms with van der Waals surface area (Å²) < 4.78 is 5.57. The number of alkyl carbamates (subject to hydrolysis) is 1. The molecular weight excluding hydrogens is 578 g/mol. The first-order valence-electron chi connectivity index (χ1n) is 16.1. The maximum Gasteiger partial charge on any atom is 0.408 e. The molecule has 8 heteroatoms. The van der Waals surface area contributed by atoms with Crippen LogP contribution in [-0.4, -0.2) is 45.6 Å². The van der Waals surface area contributed by atoms with Gasteiger partial charge in [0.05, 0.1) is 0 Å². The van der Waals surface area contributed by atoms with Crippen molar-refractivity contribution in [3.05, 3.63) is 94.5 Å². The lowest BCUT2D eigenvalue weighted by atomic mass is 9.94. The Morgan fingerprint density at radius 2 is 1.50 bits per heavy atom. The number of amides is 3. The normalized spacial score (nSPS) is 13.4. The number of para-hydroxylation sites is 1. The van der Waals surface area contributed by atoms with Gasteiger partial charge in [-0.05, 0) is 113 Å². The monoisotopic (exact) mass is 629 g/mol. The number of rotatable bonds is 12. The van der Waals surface area contributed by atoms with Gasteiger partial charge in [0.1, 0.15) is 23.4 Å². The molecule has 0 saturated heterocycles. The van der Waals surface area contributed by atoms with Crippen molar-refractivity contribution in [2.24, 2.45) is 5.92 Å². The molecular formula is C38H51N3O5. The number of aromatic hydroxyl groups is 1. The average Bonchev–Trinajstić information content (AvgIpc) is 2.96. The van der Waals surface area contributed by atoms with E-state index < -0.39 is 29.7 Å². The Morgan fingerprint density at radius 1 is 0.848 bits per heavy atom. The number of nitrogens with zero attached hydrogens (tertiary/aromatic N) is 1. The van der Waals surface area contributed by atoms with Gasteiger partial charge in [0, 0.05) is 18.2 Å². The fraction of sp³-hybridized carbons (Fsp3) is 0.447. The lowest BCUT2D eigenvalue weighted by Gasteiger charge is -2.39. The van der Waals surface area contributed by atoms with Crippen molar-refractivity contribution in [2.45, 2.75) is 105 Å². The first-order chi connectivity index (χ1) is 21.6. The Bertz CT molecular complexity index is 1490. The zero-order chi connectivity index (χ0) is 34.2. The molecule has 0 heterocycles. The summed E-state index contributed by atoms with van der Waals surface area (Å²) in [7, 11) is 0. The van der Waals surface area contributed by atoms with Crippen molar-refractivity contribution >= 4 is 23.6 Å². The Hall–Kier alpha value is -4.33. The molecule has 0 aliphatic rings. The molecule has 0 spiro atoms. The molecule has 248 valence electrons. The number of benzene rings is 3. The van der Waals surface area contributed by atoms with Crippen molar-refractivity contribution in [2.75, 3.05) is 5.32 Å². The summed E-state index contributed by atoms with van der Waals surface area (Å²) in [6, 6.07) is 17.5.